The first-order chi connectivity index (χ1) is 1.73. The molecule has 0 radical (unpaired) electrons. The maximum absolute atomic E-state index is 8.56. The van der Waals surface area contributed by atoms with Gasteiger partial charge in [-0.2, -0.15) is 0 Å². The van der Waals surface area contributed by atoms with E-state index in [1.54, 1.807) is 0 Å². The van der Waals surface area contributed by atoms with E-state index < -0.39 is 6.16 Å². The average Bonchev–Trinajstić information content (AvgIpc) is 0.811. The Kier molecular flexibility index (Phi) is 25.7. The fourth-order valence-corrected chi connectivity index (χ4v) is 0. The third kappa shape index (κ3) is 43.0. The van der Waals surface area contributed by atoms with E-state index in [1.807, 2.05) is 0 Å². The maximum atomic E-state index is 8.56. The van der Waals surface area contributed by atoms with Crippen LogP contribution in [0.2, 0.25) is 0 Å². The Morgan fingerprint density at radius 2 is 1.50 bits per heavy atom. The molecule has 5 heteroatoms. The summed E-state index contributed by atoms with van der Waals surface area (Å²) in [6, 6.07) is 0. The summed E-state index contributed by atoms with van der Waals surface area (Å²) < 4.78 is 0. The van der Waals surface area contributed by atoms with Crippen molar-refractivity contribution in [2.45, 2.75) is 0 Å². The summed E-state index contributed by atoms with van der Waals surface area (Å²) in [7, 11) is 0. The monoisotopic (exact) mass is 414 g/mol. The van der Waals surface area contributed by atoms with Crippen molar-refractivity contribution in [1.82, 2.24) is 0 Å². The Balaban J connectivity index is -0.00000000750. The van der Waals surface area contributed by atoms with E-state index in [2.05, 4.69) is 0 Å². The first-order valence-corrected chi connectivity index (χ1v) is 0.651. The Morgan fingerprint density at radius 1 is 1.50 bits per heavy atom. The summed E-state index contributed by atoms with van der Waals surface area (Å²) in [5.74, 6) is 0. The Hall–Kier alpha value is 1.72. The van der Waals surface area contributed by atoms with E-state index in [0.29, 0.717) is 0 Å². The van der Waals surface area contributed by atoms with E-state index in [4.69, 9.17) is 15.0 Å². The molecule has 0 unspecified atom stereocenters. The van der Waals surface area contributed by atoms with Gasteiger partial charge in [0.25, 0.3) is 0 Å². The molecule has 0 rings (SSSR count). The molecular formula is CH7BaBiO3. The van der Waals surface area contributed by atoms with Crippen molar-refractivity contribution in [3.05, 3.63) is 0 Å². The Morgan fingerprint density at radius 3 is 1.50 bits per heavy atom. The fraction of sp³-hybridized carbons (Fsp3) is 0. The molecule has 0 aliphatic carbocycles. The van der Waals surface area contributed by atoms with E-state index in [1.165, 1.54) is 0 Å². The van der Waals surface area contributed by atoms with Gasteiger partial charge in [0.2, 0.25) is 0 Å². The second-order valence-corrected chi connectivity index (χ2v) is 0.283. The predicted octanol–water partition coefficient (Wildman–Crippen LogP) is -1.12. The third-order valence-corrected chi connectivity index (χ3v) is 0. The summed E-state index contributed by atoms with van der Waals surface area (Å²) >= 11 is 0. The second-order valence-electron chi connectivity index (χ2n) is 0.283. The summed E-state index contributed by atoms with van der Waals surface area (Å²) in [6.45, 7) is 0. The van der Waals surface area contributed by atoms with Gasteiger partial charge in [-0.05, 0) is 0 Å². The van der Waals surface area contributed by atoms with Gasteiger partial charge >= 0.3 is 81.2 Å². The van der Waals surface area contributed by atoms with Crippen LogP contribution in [-0.4, -0.2) is 91.5 Å². The standard InChI is InChI=1S/CH2O3.Ba.Bi.5H/c2-1(3)4;;;;;;;/h(H2,2,3,4);;;;;;;/q;+2;;;;;2*-1. The van der Waals surface area contributed by atoms with Crippen LogP contribution in [-0.2, 0) is 0 Å². The molecule has 0 aliphatic heterocycles. The van der Waals surface area contributed by atoms with Crippen LogP contribution in [0.3, 0.4) is 0 Å². The summed E-state index contributed by atoms with van der Waals surface area (Å²) in [6.07, 6.45) is -1.83. The number of hydrogen-bond acceptors (Lipinski definition) is 1. The molecular weight excluding hydrogens is 406 g/mol. The van der Waals surface area contributed by atoms with Crippen LogP contribution >= 0.6 is 0 Å². The molecule has 0 aliphatic rings. The van der Waals surface area contributed by atoms with Crippen molar-refractivity contribution in [3.8, 4) is 0 Å². The predicted molar refractivity (Wildman–Crippen MR) is 28.6 cm³/mol. The Bertz CT molecular complexity index is 40.3. The minimum Gasteiger partial charge on any atom is -1.00 e. The normalized spacial score (nSPS) is 4.00. The molecule has 0 fully saturated rings. The third-order valence-electron chi connectivity index (χ3n) is 0. The van der Waals surface area contributed by atoms with Gasteiger partial charge in [-0.3, -0.25) is 0 Å². The van der Waals surface area contributed by atoms with E-state index in [0.717, 1.165) is 0 Å². The zero-order valence-electron chi connectivity index (χ0n) is 5.22. The molecule has 3 nitrogen and oxygen atoms in total. The Labute approximate surface area is 97.3 Å². The summed E-state index contributed by atoms with van der Waals surface area (Å²) in [4.78, 5) is 8.56. The zero-order chi connectivity index (χ0) is 3.58. The first-order valence-electron chi connectivity index (χ1n) is 0.651. The van der Waals surface area contributed by atoms with Crippen LogP contribution in [0.25, 0.3) is 0 Å². The van der Waals surface area contributed by atoms with Crippen molar-refractivity contribution in [2.24, 2.45) is 0 Å². The van der Waals surface area contributed by atoms with Crippen LogP contribution in [0.5, 0.6) is 0 Å². The van der Waals surface area contributed by atoms with Gasteiger partial charge in [0.15, 0.2) is 0 Å². The molecule has 0 heterocycles. The minimum atomic E-state index is -1.83. The molecule has 0 spiro atoms. The van der Waals surface area contributed by atoms with Crippen molar-refractivity contribution in [2.75, 3.05) is 0 Å². The minimum absolute atomic E-state index is 0. The van der Waals surface area contributed by atoms with Gasteiger partial charge in [-0.15, -0.1) is 0 Å². The molecule has 36 valence electrons. The van der Waals surface area contributed by atoms with Crippen LogP contribution in [0.1, 0.15) is 2.85 Å². The van der Waals surface area contributed by atoms with Crippen molar-refractivity contribution < 1.29 is 17.9 Å². The molecule has 0 aromatic carbocycles. The summed E-state index contributed by atoms with van der Waals surface area (Å²) in [5.41, 5.74) is 0. The first kappa shape index (κ1) is 15.6. The fourth-order valence-electron chi connectivity index (χ4n) is 0. The molecule has 0 aromatic rings. The number of carbonyl (C=O) groups is 1. The number of hydrogen-bond donors (Lipinski definition) is 2. The van der Waals surface area contributed by atoms with Crippen molar-refractivity contribution >= 4 is 81.2 Å². The average molecular weight is 413 g/mol. The van der Waals surface area contributed by atoms with Gasteiger partial charge < -0.3 is 13.1 Å². The molecule has 0 saturated heterocycles. The van der Waals surface area contributed by atoms with E-state index in [-0.39, 0.29) is 77.9 Å². The van der Waals surface area contributed by atoms with Gasteiger partial charge in [-0.1, -0.05) is 0 Å². The summed E-state index contributed by atoms with van der Waals surface area (Å²) in [5, 5.41) is 13.9. The maximum Gasteiger partial charge on any atom is -1.00 e. The molecule has 0 atom stereocenters. The molecule has 0 saturated carbocycles. The van der Waals surface area contributed by atoms with E-state index >= 15 is 0 Å². The largest absolute Gasteiger partial charge is 1.00 e. The van der Waals surface area contributed by atoms with Crippen LogP contribution in [0.15, 0.2) is 0 Å². The van der Waals surface area contributed by atoms with Crippen molar-refractivity contribution in [3.63, 3.8) is 0 Å². The van der Waals surface area contributed by atoms with Gasteiger partial charge in [0.1, 0.15) is 0 Å². The van der Waals surface area contributed by atoms with Gasteiger partial charge in [0.05, 0.1) is 0 Å². The zero-order valence-corrected chi connectivity index (χ0v) is 13.2. The number of rotatable bonds is 0. The SMILES string of the molecule is O=C(O)O.[Ba+2].[BiH3].[H-].[H-]. The smallest absolute Gasteiger partial charge is 1.00 e. The number of carboxylic acid groups (broad SMARTS) is 2. The molecule has 6 heavy (non-hydrogen) atoms. The molecule has 2 N–H and O–H groups in total. The molecule has 0 aromatic heterocycles. The molecule has 0 bridgehead atoms. The van der Waals surface area contributed by atoms with Gasteiger partial charge in [-0.25, -0.2) is 4.79 Å². The van der Waals surface area contributed by atoms with Crippen molar-refractivity contribution in [1.29, 1.82) is 0 Å². The topological polar surface area (TPSA) is 57.5 Å². The van der Waals surface area contributed by atoms with Gasteiger partial charge in [0, 0.05) is 0 Å². The second kappa shape index (κ2) is 9.87. The van der Waals surface area contributed by atoms with Crippen LogP contribution < -0.4 is 0 Å². The van der Waals surface area contributed by atoms with Crippen LogP contribution in [0, 0.1) is 0 Å². The molecule has 0 amide bonds. The van der Waals surface area contributed by atoms with E-state index in [9.17, 15) is 0 Å². The quantitative estimate of drug-likeness (QED) is 0.495. The van der Waals surface area contributed by atoms with Crippen LogP contribution in [0.4, 0.5) is 4.79 Å².